The van der Waals surface area contributed by atoms with Crippen LogP contribution in [0.2, 0.25) is 0 Å². The molecule has 8 nitrogen and oxygen atoms in total. The standard InChI is InChI=1S/C22H24N4O4/c1-25(2)16-6-3-14(4-7-16)11-26-12-17(27)10-18(26)22-23-21(24-30-22)15-5-8-19-20(9-15)29-13-28-19/h3-9,17-18,27H,10-13H2,1-2H3/t17-,18+/m1/s1. The Hall–Kier alpha value is -3.10. The van der Waals surface area contributed by atoms with Gasteiger partial charge in [0.25, 0.3) is 0 Å². The summed E-state index contributed by atoms with van der Waals surface area (Å²) in [5.74, 6) is 2.41. The summed E-state index contributed by atoms with van der Waals surface area (Å²) in [6, 6.07) is 13.9. The van der Waals surface area contributed by atoms with Gasteiger partial charge in [-0.25, -0.2) is 0 Å². The average molecular weight is 408 g/mol. The lowest BCUT2D eigenvalue weighted by Crippen LogP contribution is -2.24. The molecule has 3 aromatic rings. The van der Waals surface area contributed by atoms with Crippen molar-refractivity contribution in [2.45, 2.75) is 25.1 Å². The highest BCUT2D eigenvalue weighted by atomic mass is 16.7. The van der Waals surface area contributed by atoms with E-state index in [0.29, 0.717) is 42.7 Å². The van der Waals surface area contributed by atoms with Crippen LogP contribution in [0.3, 0.4) is 0 Å². The zero-order valence-corrected chi connectivity index (χ0v) is 17.0. The van der Waals surface area contributed by atoms with E-state index in [2.05, 4.69) is 44.2 Å². The van der Waals surface area contributed by atoms with Gasteiger partial charge in [-0.05, 0) is 42.3 Å². The van der Waals surface area contributed by atoms with E-state index in [1.807, 2.05) is 32.3 Å². The van der Waals surface area contributed by atoms with Crippen molar-refractivity contribution in [1.82, 2.24) is 15.0 Å². The van der Waals surface area contributed by atoms with Crippen LogP contribution in [-0.2, 0) is 6.54 Å². The highest BCUT2D eigenvalue weighted by Crippen LogP contribution is 2.37. The number of β-amino-alcohol motifs (C(OH)–C–C–N with tert-alkyl or cyclic N) is 1. The molecule has 1 fully saturated rings. The first kappa shape index (κ1) is 18.9. The second-order valence-electron chi connectivity index (χ2n) is 7.92. The van der Waals surface area contributed by atoms with Crippen molar-refractivity contribution in [2.75, 3.05) is 32.3 Å². The number of rotatable bonds is 5. The van der Waals surface area contributed by atoms with Crippen molar-refractivity contribution >= 4 is 5.69 Å². The molecule has 0 aliphatic carbocycles. The van der Waals surface area contributed by atoms with Gasteiger partial charge in [0, 0.05) is 38.4 Å². The summed E-state index contributed by atoms with van der Waals surface area (Å²) in [7, 11) is 4.05. The summed E-state index contributed by atoms with van der Waals surface area (Å²) in [4.78, 5) is 8.88. The Labute approximate surface area is 174 Å². The summed E-state index contributed by atoms with van der Waals surface area (Å²) in [6.07, 6.45) is 0.149. The van der Waals surface area contributed by atoms with Crippen LogP contribution < -0.4 is 14.4 Å². The minimum atomic E-state index is -0.419. The van der Waals surface area contributed by atoms with Crippen LogP contribution in [0, 0.1) is 0 Å². The van der Waals surface area contributed by atoms with Crippen molar-refractivity contribution in [3.05, 3.63) is 53.9 Å². The second-order valence-corrected chi connectivity index (χ2v) is 7.92. The Morgan fingerprint density at radius 1 is 1.10 bits per heavy atom. The molecular weight excluding hydrogens is 384 g/mol. The van der Waals surface area contributed by atoms with Crippen LogP contribution in [-0.4, -0.2) is 53.7 Å². The first-order valence-corrected chi connectivity index (χ1v) is 9.99. The number of ether oxygens (including phenoxy) is 2. The Morgan fingerprint density at radius 3 is 2.70 bits per heavy atom. The van der Waals surface area contributed by atoms with Gasteiger partial charge in [0.1, 0.15) is 0 Å². The van der Waals surface area contributed by atoms with E-state index in [1.54, 1.807) is 0 Å². The third-order valence-corrected chi connectivity index (χ3v) is 5.58. The molecule has 156 valence electrons. The SMILES string of the molecule is CN(C)c1ccc(CN2C[C@H](O)C[C@H]2c2nc(-c3ccc4c(c3)OCO4)no2)cc1. The van der Waals surface area contributed by atoms with Gasteiger partial charge in [-0.15, -0.1) is 0 Å². The summed E-state index contributed by atoms with van der Waals surface area (Å²) >= 11 is 0. The fourth-order valence-corrected chi connectivity index (χ4v) is 3.97. The second kappa shape index (κ2) is 7.62. The summed E-state index contributed by atoms with van der Waals surface area (Å²) < 4.78 is 16.4. The smallest absolute Gasteiger partial charge is 0.244 e. The molecule has 5 rings (SSSR count). The summed E-state index contributed by atoms with van der Waals surface area (Å²) in [5, 5.41) is 14.4. The largest absolute Gasteiger partial charge is 0.454 e. The number of hydrogen-bond donors (Lipinski definition) is 1. The molecule has 8 heteroatoms. The maximum absolute atomic E-state index is 10.3. The van der Waals surface area contributed by atoms with Gasteiger partial charge in [-0.3, -0.25) is 4.90 Å². The number of aliphatic hydroxyl groups excluding tert-OH is 1. The Kier molecular flexibility index (Phi) is 4.80. The molecule has 0 spiro atoms. The molecule has 0 radical (unpaired) electrons. The lowest BCUT2D eigenvalue weighted by atomic mass is 10.1. The van der Waals surface area contributed by atoms with E-state index < -0.39 is 6.10 Å². The van der Waals surface area contributed by atoms with Gasteiger partial charge in [0.05, 0.1) is 12.1 Å². The number of hydrogen-bond acceptors (Lipinski definition) is 8. The number of aliphatic hydroxyl groups is 1. The molecular formula is C22H24N4O4. The number of anilines is 1. The van der Waals surface area contributed by atoms with Crippen LogP contribution in [0.4, 0.5) is 5.69 Å². The fourth-order valence-electron chi connectivity index (χ4n) is 3.97. The maximum Gasteiger partial charge on any atom is 0.244 e. The lowest BCUT2D eigenvalue weighted by Gasteiger charge is -2.21. The molecule has 1 aromatic heterocycles. The Bertz CT molecular complexity index is 1030. The maximum atomic E-state index is 10.3. The number of aromatic nitrogens is 2. The van der Waals surface area contributed by atoms with E-state index in [9.17, 15) is 5.11 Å². The Morgan fingerprint density at radius 2 is 1.90 bits per heavy atom. The van der Waals surface area contributed by atoms with Gasteiger partial charge in [-0.2, -0.15) is 4.98 Å². The van der Waals surface area contributed by atoms with Crippen LogP contribution in [0.15, 0.2) is 47.0 Å². The molecule has 2 aliphatic heterocycles. The third kappa shape index (κ3) is 3.59. The third-order valence-electron chi connectivity index (χ3n) is 5.58. The molecule has 0 saturated carbocycles. The molecule has 3 heterocycles. The Balaban J connectivity index is 1.35. The molecule has 0 amide bonds. The zero-order valence-electron chi connectivity index (χ0n) is 17.0. The highest BCUT2D eigenvalue weighted by Gasteiger charge is 2.36. The van der Waals surface area contributed by atoms with Crippen LogP contribution >= 0.6 is 0 Å². The molecule has 2 aliphatic rings. The quantitative estimate of drug-likeness (QED) is 0.690. The molecule has 0 unspecified atom stereocenters. The molecule has 2 atom stereocenters. The summed E-state index contributed by atoms with van der Waals surface area (Å²) in [5.41, 5.74) is 3.14. The average Bonchev–Trinajstić information content (AvgIpc) is 3.47. The van der Waals surface area contributed by atoms with Crippen molar-refractivity contribution in [2.24, 2.45) is 0 Å². The molecule has 1 N–H and O–H groups in total. The van der Waals surface area contributed by atoms with Crippen LogP contribution in [0.1, 0.15) is 23.9 Å². The van der Waals surface area contributed by atoms with E-state index in [4.69, 9.17) is 14.0 Å². The first-order chi connectivity index (χ1) is 14.6. The van der Waals surface area contributed by atoms with E-state index >= 15 is 0 Å². The van der Waals surface area contributed by atoms with Gasteiger partial charge < -0.3 is 24.0 Å². The predicted molar refractivity (Wildman–Crippen MR) is 110 cm³/mol. The normalized spacial score (nSPS) is 20.6. The van der Waals surface area contributed by atoms with Gasteiger partial charge in [0.15, 0.2) is 11.5 Å². The van der Waals surface area contributed by atoms with Crippen LogP contribution in [0.5, 0.6) is 11.5 Å². The molecule has 2 aromatic carbocycles. The minimum absolute atomic E-state index is 0.121. The molecule has 1 saturated heterocycles. The number of fused-ring (bicyclic) bond motifs is 1. The van der Waals surface area contributed by atoms with Crippen molar-refractivity contribution in [3.63, 3.8) is 0 Å². The number of nitrogens with zero attached hydrogens (tertiary/aromatic N) is 4. The number of likely N-dealkylation sites (tertiary alicyclic amines) is 1. The van der Waals surface area contributed by atoms with Gasteiger partial charge in [-0.1, -0.05) is 17.3 Å². The number of benzene rings is 2. The van der Waals surface area contributed by atoms with E-state index in [-0.39, 0.29) is 12.8 Å². The summed E-state index contributed by atoms with van der Waals surface area (Å²) in [6.45, 7) is 1.50. The molecule has 0 bridgehead atoms. The van der Waals surface area contributed by atoms with E-state index in [1.165, 1.54) is 5.56 Å². The monoisotopic (exact) mass is 408 g/mol. The van der Waals surface area contributed by atoms with Gasteiger partial charge in [0.2, 0.25) is 18.5 Å². The fraction of sp³-hybridized carbons (Fsp3) is 0.364. The highest BCUT2D eigenvalue weighted by molar-refractivity contribution is 5.61. The van der Waals surface area contributed by atoms with Crippen molar-refractivity contribution in [3.8, 4) is 22.9 Å². The lowest BCUT2D eigenvalue weighted by molar-refractivity contribution is 0.169. The topological polar surface area (TPSA) is 84.1 Å². The van der Waals surface area contributed by atoms with Crippen molar-refractivity contribution < 1.29 is 19.1 Å². The first-order valence-electron chi connectivity index (χ1n) is 9.99. The van der Waals surface area contributed by atoms with Crippen molar-refractivity contribution in [1.29, 1.82) is 0 Å². The van der Waals surface area contributed by atoms with Gasteiger partial charge >= 0.3 is 0 Å². The van der Waals surface area contributed by atoms with E-state index in [0.717, 1.165) is 11.3 Å². The van der Waals surface area contributed by atoms with Crippen LogP contribution in [0.25, 0.3) is 11.4 Å². The predicted octanol–water partition coefficient (Wildman–Crippen LogP) is 2.84. The minimum Gasteiger partial charge on any atom is -0.454 e. The zero-order chi connectivity index (χ0) is 20.7. The molecule has 30 heavy (non-hydrogen) atoms.